The van der Waals surface area contributed by atoms with Crippen molar-refractivity contribution in [3.05, 3.63) is 39.6 Å². The maximum Gasteiger partial charge on any atom is 0.234 e. The molecule has 1 amide bonds. The number of thioether (sulfide) groups is 1. The number of amides is 1. The van der Waals surface area contributed by atoms with E-state index in [0.717, 1.165) is 26.6 Å². The van der Waals surface area contributed by atoms with Gasteiger partial charge in [0.05, 0.1) is 11.4 Å². The molecule has 1 saturated carbocycles. The van der Waals surface area contributed by atoms with Crippen molar-refractivity contribution in [1.82, 2.24) is 9.55 Å². The average Bonchev–Trinajstić information content (AvgIpc) is 3.18. The maximum absolute atomic E-state index is 12.3. The van der Waals surface area contributed by atoms with Gasteiger partial charge in [-0.05, 0) is 57.4 Å². The van der Waals surface area contributed by atoms with E-state index in [1.54, 1.807) is 0 Å². The Balaban J connectivity index is 1.65. The molecule has 6 heteroatoms. The van der Waals surface area contributed by atoms with Crippen LogP contribution in [0.25, 0.3) is 0 Å². The Bertz CT molecular complexity index is 781. The molecule has 1 heterocycles. The molecule has 0 unspecified atom stereocenters. The summed E-state index contributed by atoms with van der Waals surface area (Å²) in [6.45, 7) is 6.20. The van der Waals surface area contributed by atoms with Crippen LogP contribution in [0.15, 0.2) is 27.8 Å². The quantitative estimate of drug-likeness (QED) is 0.655. The fourth-order valence-electron chi connectivity index (χ4n) is 3.34. The van der Waals surface area contributed by atoms with Crippen LogP contribution < -0.4 is 5.32 Å². The molecule has 0 radical (unpaired) electrons. The molecule has 1 fully saturated rings. The lowest BCUT2D eigenvalue weighted by atomic mass is 10.2. The van der Waals surface area contributed by atoms with Gasteiger partial charge in [0.1, 0.15) is 0 Å². The first-order valence-electron chi connectivity index (χ1n) is 8.70. The van der Waals surface area contributed by atoms with Gasteiger partial charge in [0.25, 0.3) is 0 Å². The van der Waals surface area contributed by atoms with Crippen molar-refractivity contribution < 1.29 is 4.79 Å². The minimum Gasteiger partial charge on any atom is -0.325 e. The lowest BCUT2D eigenvalue weighted by molar-refractivity contribution is -0.113. The van der Waals surface area contributed by atoms with Crippen molar-refractivity contribution >= 4 is 39.3 Å². The van der Waals surface area contributed by atoms with Crippen LogP contribution in [0.4, 0.5) is 5.69 Å². The number of benzene rings is 1. The lowest BCUT2D eigenvalue weighted by Crippen LogP contribution is -2.15. The number of aryl methyl sites for hydroxylation is 2. The predicted octanol–water partition coefficient (Wildman–Crippen LogP) is 5.42. The van der Waals surface area contributed by atoms with E-state index in [2.05, 4.69) is 39.7 Å². The third-order valence-electron chi connectivity index (χ3n) is 4.82. The molecular weight excluding hydrogens is 398 g/mol. The van der Waals surface area contributed by atoms with Crippen LogP contribution >= 0.6 is 27.7 Å². The van der Waals surface area contributed by atoms with Gasteiger partial charge >= 0.3 is 0 Å². The van der Waals surface area contributed by atoms with E-state index in [1.165, 1.54) is 43.1 Å². The summed E-state index contributed by atoms with van der Waals surface area (Å²) >= 11 is 5.01. The largest absolute Gasteiger partial charge is 0.325 e. The topological polar surface area (TPSA) is 46.9 Å². The normalized spacial score (nSPS) is 14.9. The number of anilines is 1. The van der Waals surface area contributed by atoms with Crippen LogP contribution in [0, 0.1) is 20.8 Å². The summed E-state index contributed by atoms with van der Waals surface area (Å²) in [5, 5.41) is 3.95. The van der Waals surface area contributed by atoms with Gasteiger partial charge in [-0.25, -0.2) is 4.98 Å². The number of nitrogens with one attached hydrogen (secondary N) is 1. The van der Waals surface area contributed by atoms with E-state index < -0.39 is 0 Å². The van der Waals surface area contributed by atoms with E-state index >= 15 is 0 Å². The van der Waals surface area contributed by atoms with Gasteiger partial charge in [-0.2, -0.15) is 0 Å². The third kappa shape index (κ3) is 4.29. The zero-order chi connectivity index (χ0) is 18.0. The van der Waals surface area contributed by atoms with E-state index in [4.69, 9.17) is 4.98 Å². The first-order valence-corrected chi connectivity index (χ1v) is 10.5. The SMILES string of the molecule is Cc1cc(NC(=O)CSc2nc(C)c(C)n2C2CCCC2)ccc1Br. The van der Waals surface area contributed by atoms with Gasteiger partial charge in [-0.15, -0.1) is 0 Å². The molecule has 25 heavy (non-hydrogen) atoms. The van der Waals surface area contributed by atoms with Gasteiger partial charge in [0, 0.05) is 21.9 Å². The minimum atomic E-state index is 0.00278. The van der Waals surface area contributed by atoms with E-state index in [-0.39, 0.29) is 5.91 Å². The molecule has 1 N–H and O–H groups in total. The molecule has 3 rings (SSSR count). The lowest BCUT2D eigenvalue weighted by Gasteiger charge is -2.17. The zero-order valence-corrected chi connectivity index (χ0v) is 17.3. The maximum atomic E-state index is 12.3. The zero-order valence-electron chi connectivity index (χ0n) is 14.9. The highest BCUT2D eigenvalue weighted by Crippen LogP contribution is 2.35. The number of hydrogen-bond acceptors (Lipinski definition) is 3. The number of nitrogens with zero attached hydrogens (tertiary/aromatic N) is 2. The molecule has 1 aromatic heterocycles. The average molecular weight is 422 g/mol. The third-order valence-corrected chi connectivity index (χ3v) is 6.66. The van der Waals surface area contributed by atoms with Crippen molar-refractivity contribution in [3.63, 3.8) is 0 Å². The van der Waals surface area contributed by atoms with Gasteiger partial charge < -0.3 is 9.88 Å². The fourth-order valence-corrected chi connectivity index (χ4v) is 4.55. The molecule has 1 aliphatic rings. The Morgan fingerprint density at radius 3 is 2.72 bits per heavy atom. The number of carbonyl (C=O) groups excluding carboxylic acids is 1. The monoisotopic (exact) mass is 421 g/mol. The van der Waals surface area contributed by atoms with E-state index in [1.807, 2.05) is 25.1 Å². The Hall–Kier alpha value is -1.27. The van der Waals surface area contributed by atoms with Crippen molar-refractivity contribution in [2.45, 2.75) is 57.7 Å². The van der Waals surface area contributed by atoms with Crippen LogP contribution in [0.2, 0.25) is 0 Å². The summed E-state index contributed by atoms with van der Waals surface area (Å²) in [5.74, 6) is 0.376. The van der Waals surface area contributed by atoms with Crippen molar-refractivity contribution in [3.8, 4) is 0 Å². The van der Waals surface area contributed by atoms with Gasteiger partial charge in [0.2, 0.25) is 5.91 Å². The predicted molar refractivity (Wildman–Crippen MR) is 107 cm³/mol. The molecule has 1 aromatic carbocycles. The van der Waals surface area contributed by atoms with E-state index in [0.29, 0.717) is 11.8 Å². The second-order valence-corrected chi connectivity index (χ2v) is 8.47. The number of carbonyl (C=O) groups is 1. The summed E-state index contributed by atoms with van der Waals surface area (Å²) < 4.78 is 3.40. The van der Waals surface area contributed by atoms with Crippen molar-refractivity contribution in [2.75, 3.05) is 11.1 Å². The minimum absolute atomic E-state index is 0.00278. The van der Waals surface area contributed by atoms with Gasteiger partial charge in [-0.3, -0.25) is 4.79 Å². The van der Waals surface area contributed by atoms with Crippen LogP contribution in [-0.2, 0) is 4.79 Å². The number of aromatic nitrogens is 2. The van der Waals surface area contributed by atoms with E-state index in [9.17, 15) is 4.79 Å². The number of halogens is 1. The van der Waals surface area contributed by atoms with Gasteiger partial charge in [-0.1, -0.05) is 40.5 Å². The van der Waals surface area contributed by atoms with Gasteiger partial charge in [0.15, 0.2) is 5.16 Å². The molecule has 0 atom stereocenters. The molecule has 134 valence electrons. The summed E-state index contributed by atoms with van der Waals surface area (Å²) in [6, 6.07) is 6.38. The Morgan fingerprint density at radius 1 is 1.32 bits per heavy atom. The first-order chi connectivity index (χ1) is 12.0. The molecule has 0 aliphatic heterocycles. The molecule has 1 aliphatic carbocycles. The second-order valence-electron chi connectivity index (χ2n) is 6.67. The molecular formula is C19H24BrN3OS. The first kappa shape index (κ1) is 18.5. The molecule has 0 bridgehead atoms. The summed E-state index contributed by atoms with van der Waals surface area (Å²) in [5.41, 5.74) is 4.24. The Morgan fingerprint density at radius 2 is 2.04 bits per heavy atom. The fraction of sp³-hybridized carbons (Fsp3) is 0.474. The highest BCUT2D eigenvalue weighted by Gasteiger charge is 2.23. The Labute approximate surface area is 161 Å². The second kappa shape index (κ2) is 7.96. The number of imidazole rings is 1. The smallest absolute Gasteiger partial charge is 0.234 e. The van der Waals surface area contributed by atoms with Crippen LogP contribution in [0.1, 0.15) is 48.7 Å². The highest BCUT2D eigenvalue weighted by atomic mass is 79.9. The summed E-state index contributed by atoms with van der Waals surface area (Å²) in [4.78, 5) is 17.0. The van der Waals surface area contributed by atoms with Crippen LogP contribution in [0.3, 0.4) is 0 Å². The van der Waals surface area contributed by atoms with Crippen LogP contribution in [-0.4, -0.2) is 21.2 Å². The standard InChI is InChI=1S/C19H24BrN3OS/c1-12-10-15(8-9-17(12)20)22-18(24)11-25-19-21-13(2)14(3)23(19)16-6-4-5-7-16/h8-10,16H,4-7,11H2,1-3H3,(H,22,24). The number of rotatable bonds is 5. The van der Waals surface area contributed by atoms with Crippen LogP contribution in [0.5, 0.6) is 0 Å². The Kier molecular flexibility index (Phi) is 5.89. The van der Waals surface area contributed by atoms with Crippen molar-refractivity contribution in [2.24, 2.45) is 0 Å². The molecule has 2 aromatic rings. The highest BCUT2D eigenvalue weighted by molar-refractivity contribution is 9.10. The summed E-state index contributed by atoms with van der Waals surface area (Å²) in [7, 11) is 0. The molecule has 0 saturated heterocycles. The number of hydrogen-bond donors (Lipinski definition) is 1. The molecule has 4 nitrogen and oxygen atoms in total. The summed E-state index contributed by atoms with van der Waals surface area (Å²) in [6.07, 6.45) is 5.01. The molecule has 0 spiro atoms. The van der Waals surface area contributed by atoms with Crippen molar-refractivity contribution in [1.29, 1.82) is 0 Å².